The number of piperazine rings is 1. The van der Waals surface area contributed by atoms with E-state index >= 15 is 0 Å². The van der Waals surface area contributed by atoms with E-state index in [9.17, 15) is 14.7 Å². The van der Waals surface area contributed by atoms with Crippen LogP contribution < -0.4 is 5.32 Å². The van der Waals surface area contributed by atoms with Crippen molar-refractivity contribution in [3.05, 3.63) is 102 Å². The normalized spacial score (nSPS) is 13.7. The van der Waals surface area contributed by atoms with Gasteiger partial charge < -0.3 is 20.2 Å². The Labute approximate surface area is 194 Å². The molecule has 1 saturated heterocycles. The predicted molar refractivity (Wildman–Crippen MR) is 128 cm³/mol. The summed E-state index contributed by atoms with van der Waals surface area (Å²) in [5.41, 5.74) is 3.01. The fraction of sp³-hybridized carbons (Fsp3) is 0.259. The molecule has 170 valence electrons. The smallest absolute Gasteiger partial charge is 0.317 e. The number of nitrogens with one attached hydrogen (secondary N) is 1. The van der Waals surface area contributed by atoms with Gasteiger partial charge in [0.1, 0.15) is 5.75 Å². The highest BCUT2D eigenvalue weighted by Crippen LogP contribution is 2.27. The Kier molecular flexibility index (Phi) is 7.25. The van der Waals surface area contributed by atoms with Crippen LogP contribution in [0.4, 0.5) is 4.79 Å². The van der Waals surface area contributed by atoms with Gasteiger partial charge in [0.2, 0.25) is 0 Å². The largest absolute Gasteiger partial charge is 0.508 e. The topological polar surface area (TPSA) is 72.9 Å². The second kappa shape index (κ2) is 10.7. The van der Waals surface area contributed by atoms with Gasteiger partial charge in [-0.1, -0.05) is 60.7 Å². The van der Waals surface area contributed by atoms with Gasteiger partial charge in [-0.3, -0.25) is 4.79 Å². The van der Waals surface area contributed by atoms with Crippen molar-refractivity contribution in [3.8, 4) is 5.75 Å². The molecule has 0 bridgehead atoms. The van der Waals surface area contributed by atoms with Crippen LogP contribution in [0.1, 0.15) is 33.8 Å². The minimum absolute atomic E-state index is 0.0800. The van der Waals surface area contributed by atoms with Crippen molar-refractivity contribution in [2.75, 3.05) is 32.7 Å². The van der Waals surface area contributed by atoms with Crippen molar-refractivity contribution in [2.45, 2.75) is 12.3 Å². The minimum atomic E-state index is -0.0911. The first-order valence-corrected chi connectivity index (χ1v) is 11.3. The van der Waals surface area contributed by atoms with Crippen molar-refractivity contribution < 1.29 is 14.7 Å². The number of benzene rings is 3. The Morgan fingerprint density at radius 2 is 1.27 bits per heavy atom. The van der Waals surface area contributed by atoms with Crippen LogP contribution in [-0.4, -0.2) is 59.6 Å². The zero-order chi connectivity index (χ0) is 23.0. The van der Waals surface area contributed by atoms with Crippen molar-refractivity contribution in [2.24, 2.45) is 0 Å². The van der Waals surface area contributed by atoms with Gasteiger partial charge in [0.05, 0.1) is 0 Å². The lowest BCUT2D eigenvalue weighted by molar-refractivity contribution is 0.0665. The molecule has 0 aromatic heterocycles. The summed E-state index contributed by atoms with van der Waals surface area (Å²) < 4.78 is 0. The third-order valence-corrected chi connectivity index (χ3v) is 6.08. The van der Waals surface area contributed by atoms with Crippen LogP contribution >= 0.6 is 0 Å². The second-order valence-electron chi connectivity index (χ2n) is 8.22. The van der Waals surface area contributed by atoms with Crippen LogP contribution in [0, 0.1) is 0 Å². The van der Waals surface area contributed by atoms with Crippen LogP contribution in [0.3, 0.4) is 0 Å². The van der Waals surface area contributed by atoms with Crippen LogP contribution in [0.15, 0.2) is 84.9 Å². The predicted octanol–water partition coefficient (Wildman–Crippen LogP) is 4.08. The average molecular weight is 444 g/mol. The molecule has 33 heavy (non-hydrogen) atoms. The van der Waals surface area contributed by atoms with Crippen LogP contribution in [0.25, 0.3) is 0 Å². The summed E-state index contributed by atoms with van der Waals surface area (Å²) in [5, 5.41) is 12.5. The molecule has 0 spiro atoms. The molecule has 2 N–H and O–H groups in total. The number of hydrogen-bond donors (Lipinski definition) is 2. The maximum absolute atomic E-state index is 12.7. The van der Waals surface area contributed by atoms with Crippen LogP contribution in [0.5, 0.6) is 5.75 Å². The molecule has 0 unspecified atom stereocenters. The maximum Gasteiger partial charge on any atom is 0.317 e. The number of urea groups is 1. The van der Waals surface area contributed by atoms with Crippen LogP contribution in [-0.2, 0) is 0 Å². The summed E-state index contributed by atoms with van der Waals surface area (Å²) in [5.74, 6) is 0.269. The van der Waals surface area contributed by atoms with Gasteiger partial charge >= 0.3 is 6.03 Å². The van der Waals surface area contributed by atoms with Crippen molar-refractivity contribution in [1.82, 2.24) is 15.1 Å². The zero-order valence-electron chi connectivity index (χ0n) is 18.6. The molecule has 1 heterocycles. The molecule has 1 fully saturated rings. The van der Waals surface area contributed by atoms with E-state index in [4.69, 9.17) is 0 Å². The third kappa shape index (κ3) is 5.71. The molecule has 0 aliphatic carbocycles. The van der Waals surface area contributed by atoms with Gasteiger partial charge in [-0.15, -0.1) is 0 Å². The first kappa shape index (κ1) is 22.4. The zero-order valence-corrected chi connectivity index (χ0v) is 18.6. The lowest BCUT2D eigenvalue weighted by Gasteiger charge is -2.35. The summed E-state index contributed by atoms with van der Waals surface area (Å²) >= 11 is 0. The van der Waals surface area contributed by atoms with Gasteiger partial charge in [-0.2, -0.15) is 0 Å². The fourth-order valence-corrected chi connectivity index (χ4v) is 4.23. The summed E-state index contributed by atoms with van der Waals surface area (Å²) in [6.45, 7) is 2.54. The highest BCUT2D eigenvalue weighted by molar-refractivity contribution is 5.94. The third-order valence-electron chi connectivity index (χ3n) is 6.08. The number of nitrogens with zero attached hydrogens (tertiary/aromatic N) is 2. The highest BCUT2D eigenvalue weighted by atomic mass is 16.3. The molecule has 1 aliphatic rings. The van der Waals surface area contributed by atoms with E-state index < -0.39 is 0 Å². The van der Waals surface area contributed by atoms with E-state index in [0.717, 1.165) is 6.42 Å². The van der Waals surface area contributed by atoms with E-state index in [2.05, 4.69) is 29.6 Å². The van der Waals surface area contributed by atoms with Crippen molar-refractivity contribution in [1.29, 1.82) is 0 Å². The Hall–Kier alpha value is -3.80. The van der Waals surface area contributed by atoms with Gasteiger partial charge in [-0.05, 0) is 41.8 Å². The number of hydrogen-bond acceptors (Lipinski definition) is 3. The van der Waals surface area contributed by atoms with E-state index in [1.165, 1.54) is 23.3 Å². The van der Waals surface area contributed by atoms with Crippen LogP contribution in [0.2, 0.25) is 0 Å². The maximum atomic E-state index is 12.7. The number of amides is 3. The van der Waals surface area contributed by atoms with E-state index in [1.807, 2.05) is 36.4 Å². The van der Waals surface area contributed by atoms with E-state index in [-0.39, 0.29) is 23.6 Å². The number of carbonyl (C=O) groups excluding carboxylic acids is 2. The number of phenolic OH excluding ortho intramolecular Hbond substituents is 1. The summed E-state index contributed by atoms with van der Waals surface area (Å²) in [7, 11) is 0. The van der Waals surface area contributed by atoms with Crippen molar-refractivity contribution in [3.63, 3.8) is 0 Å². The summed E-state index contributed by atoms with van der Waals surface area (Å²) in [6.07, 6.45) is 0.805. The Bertz CT molecular complexity index is 1010. The van der Waals surface area contributed by atoms with Gasteiger partial charge in [0.15, 0.2) is 0 Å². The standard InChI is InChI=1S/C27H29N3O3/c31-24-13-11-23(12-14-24)26(32)29-17-19-30(20-18-29)27(33)28-16-15-25(21-7-3-1-4-8-21)22-9-5-2-6-10-22/h1-14,25,31H,15-20H2,(H,28,33). The first-order valence-electron chi connectivity index (χ1n) is 11.3. The molecule has 0 radical (unpaired) electrons. The quantitative estimate of drug-likeness (QED) is 0.603. The SMILES string of the molecule is O=C(NCCC(c1ccccc1)c1ccccc1)N1CCN(C(=O)c2ccc(O)cc2)CC1. The van der Waals surface area contributed by atoms with Gasteiger partial charge in [-0.25, -0.2) is 4.79 Å². The molecule has 1 aliphatic heterocycles. The van der Waals surface area contributed by atoms with E-state index in [0.29, 0.717) is 38.3 Å². The molecule has 4 rings (SSSR count). The van der Waals surface area contributed by atoms with Crippen molar-refractivity contribution >= 4 is 11.9 Å². The molecule has 3 aromatic rings. The average Bonchev–Trinajstić information content (AvgIpc) is 2.88. The number of phenols is 1. The van der Waals surface area contributed by atoms with E-state index in [1.54, 1.807) is 21.9 Å². The number of aromatic hydroxyl groups is 1. The molecule has 3 aromatic carbocycles. The fourth-order valence-electron chi connectivity index (χ4n) is 4.23. The summed E-state index contributed by atoms with van der Waals surface area (Å²) in [6, 6.07) is 26.9. The molecule has 6 nitrogen and oxygen atoms in total. The highest BCUT2D eigenvalue weighted by Gasteiger charge is 2.25. The number of rotatable bonds is 6. The Balaban J connectivity index is 1.28. The molecular weight excluding hydrogens is 414 g/mol. The van der Waals surface area contributed by atoms with Gasteiger partial charge in [0, 0.05) is 44.2 Å². The molecule has 3 amide bonds. The minimum Gasteiger partial charge on any atom is -0.508 e. The molecule has 6 heteroatoms. The Morgan fingerprint density at radius 1 is 0.758 bits per heavy atom. The lowest BCUT2D eigenvalue weighted by Crippen LogP contribution is -2.53. The number of carbonyl (C=O) groups is 2. The Morgan fingerprint density at radius 3 is 1.82 bits per heavy atom. The monoisotopic (exact) mass is 443 g/mol. The molecular formula is C27H29N3O3. The second-order valence-corrected chi connectivity index (χ2v) is 8.22. The molecule has 0 atom stereocenters. The first-order chi connectivity index (χ1) is 16.1. The molecule has 0 saturated carbocycles. The summed E-state index contributed by atoms with van der Waals surface area (Å²) in [4.78, 5) is 28.9. The lowest BCUT2D eigenvalue weighted by atomic mass is 9.88. The van der Waals surface area contributed by atoms with Gasteiger partial charge in [0.25, 0.3) is 5.91 Å².